The Labute approximate surface area is 290 Å². The maximum Gasteiger partial charge on any atom is 0.165 e. The standard InChI is InChI=1S/C46H30N4/c1-4-17-31(18-5-1)43-47-44(38-27-16-26-37-36-25-12-15-30-41(36)50(42(37)38)33-21-8-3-9-22-33)49-45(48-43)46(32-19-6-2-7-20-32)39-28-13-10-23-34(39)35-24-11-14-29-40(35)46/h1-30H. The third-order valence-electron chi connectivity index (χ3n) is 10.1. The van der Waals surface area contributed by atoms with Crippen LogP contribution in [-0.4, -0.2) is 19.5 Å². The van der Waals surface area contributed by atoms with Gasteiger partial charge < -0.3 is 4.57 Å². The summed E-state index contributed by atoms with van der Waals surface area (Å²) in [5, 5.41) is 2.34. The highest BCUT2D eigenvalue weighted by molar-refractivity contribution is 6.13. The highest BCUT2D eigenvalue weighted by Crippen LogP contribution is 2.55. The van der Waals surface area contributed by atoms with Gasteiger partial charge in [0, 0.05) is 27.6 Å². The summed E-state index contributed by atoms with van der Waals surface area (Å²) in [7, 11) is 0. The maximum absolute atomic E-state index is 5.58. The molecular weight excluding hydrogens is 609 g/mol. The van der Waals surface area contributed by atoms with E-state index >= 15 is 0 Å². The van der Waals surface area contributed by atoms with Crippen molar-refractivity contribution in [3.05, 3.63) is 205 Å². The summed E-state index contributed by atoms with van der Waals surface area (Å²) in [6.45, 7) is 0. The minimum Gasteiger partial charge on any atom is -0.309 e. The van der Waals surface area contributed by atoms with E-state index in [0.29, 0.717) is 17.5 Å². The lowest BCUT2D eigenvalue weighted by Gasteiger charge is -2.32. The molecule has 234 valence electrons. The van der Waals surface area contributed by atoms with Crippen molar-refractivity contribution >= 4 is 21.8 Å². The fourth-order valence-electron chi connectivity index (χ4n) is 8.03. The Balaban J connectivity index is 1.35. The van der Waals surface area contributed by atoms with Gasteiger partial charge in [0.25, 0.3) is 0 Å². The van der Waals surface area contributed by atoms with Crippen molar-refractivity contribution < 1.29 is 0 Å². The van der Waals surface area contributed by atoms with Crippen LogP contribution in [0.4, 0.5) is 0 Å². The van der Waals surface area contributed by atoms with Crippen molar-refractivity contribution in [3.8, 4) is 39.6 Å². The van der Waals surface area contributed by atoms with Gasteiger partial charge in [0.2, 0.25) is 0 Å². The lowest BCUT2D eigenvalue weighted by atomic mass is 9.71. The van der Waals surface area contributed by atoms with Gasteiger partial charge >= 0.3 is 0 Å². The van der Waals surface area contributed by atoms with Crippen LogP contribution in [0.5, 0.6) is 0 Å². The Kier molecular flexibility index (Phi) is 6.36. The summed E-state index contributed by atoms with van der Waals surface area (Å²) in [5.74, 6) is 1.98. The minimum atomic E-state index is -0.768. The van der Waals surface area contributed by atoms with Crippen LogP contribution in [-0.2, 0) is 5.41 Å². The van der Waals surface area contributed by atoms with Gasteiger partial charge in [0.15, 0.2) is 17.5 Å². The number of hydrogen-bond acceptors (Lipinski definition) is 3. The van der Waals surface area contributed by atoms with Crippen LogP contribution in [0.1, 0.15) is 22.5 Å². The highest BCUT2D eigenvalue weighted by Gasteiger charge is 2.48. The average molecular weight is 639 g/mol. The highest BCUT2D eigenvalue weighted by atomic mass is 15.1. The van der Waals surface area contributed by atoms with E-state index in [1.54, 1.807) is 0 Å². The van der Waals surface area contributed by atoms with Crippen LogP contribution in [0.3, 0.4) is 0 Å². The average Bonchev–Trinajstić information content (AvgIpc) is 3.70. The number of benzene rings is 7. The molecule has 0 aliphatic heterocycles. The van der Waals surface area contributed by atoms with Gasteiger partial charge in [-0.2, -0.15) is 0 Å². The predicted molar refractivity (Wildman–Crippen MR) is 202 cm³/mol. The molecule has 7 aromatic carbocycles. The first kappa shape index (κ1) is 28.4. The molecule has 1 aliphatic carbocycles. The Hall–Kier alpha value is -6.65. The monoisotopic (exact) mass is 638 g/mol. The lowest BCUT2D eigenvalue weighted by Crippen LogP contribution is -2.31. The zero-order valence-electron chi connectivity index (χ0n) is 27.1. The number of para-hydroxylation sites is 3. The van der Waals surface area contributed by atoms with Crippen molar-refractivity contribution in [1.82, 2.24) is 19.5 Å². The summed E-state index contributed by atoms with van der Waals surface area (Å²) in [4.78, 5) is 16.3. The zero-order valence-corrected chi connectivity index (χ0v) is 27.1. The molecular formula is C46H30N4. The molecule has 0 N–H and O–H groups in total. The molecule has 9 aromatic rings. The van der Waals surface area contributed by atoms with Crippen LogP contribution in [0, 0.1) is 0 Å². The Bertz CT molecular complexity index is 2650. The van der Waals surface area contributed by atoms with Gasteiger partial charge in [-0.25, -0.2) is 15.0 Å². The zero-order chi connectivity index (χ0) is 33.1. The molecule has 0 unspecified atom stereocenters. The van der Waals surface area contributed by atoms with Crippen LogP contribution >= 0.6 is 0 Å². The fraction of sp³-hybridized carbons (Fsp3) is 0.0217. The van der Waals surface area contributed by atoms with Gasteiger partial charge in [0.05, 0.1) is 11.0 Å². The van der Waals surface area contributed by atoms with Crippen LogP contribution in [0.25, 0.3) is 61.4 Å². The van der Waals surface area contributed by atoms with E-state index in [-0.39, 0.29) is 0 Å². The topological polar surface area (TPSA) is 43.6 Å². The molecule has 2 aromatic heterocycles. The Morgan fingerprint density at radius 3 is 1.66 bits per heavy atom. The number of hydrogen-bond donors (Lipinski definition) is 0. The second kappa shape index (κ2) is 11.2. The summed E-state index contributed by atoms with van der Waals surface area (Å²) in [6, 6.07) is 64.0. The normalized spacial score (nSPS) is 13.0. The number of nitrogens with zero attached hydrogens (tertiary/aromatic N) is 4. The van der Waals surface area contributed by atoms with Crippen molar-refractivity contribution in [2.24, 2.45) is 0 Å². The van der Waals surface area contributed by atoms with E-state index in [4.69, 9.17) is 15.0 Å². The fourth-order valence-corrected chi connectivity index (χ4v) is 8.03. The van der Waals surface area contributed by atoms with Crippen LogP contribution < -0.4 is 0 Å². The molecule has 0 bridgehead atoms. The molecule has 0 saturated heterocycles. The summed E-state index contributed by atoms with van der Waals surface area (Å²) < 4.78 is 2.35. The second-order valence-corrected chi connectivity index (χ2v) is 12.8. The van der Waals surface area contributed by atoms with Crippen molar-refractivity contribution in [3.63, 3.8) is 0 Å². The van der Waals surface area contributed by atoms with Crippen molar-refractivity contribution in [2.75, 3.05) is 0 Å². The molecule has 10 rings (SSSR count). The van der Waals surface area contributed by atoms with E-state index in [2.05, 4.69) is 168 Å². The smallest absolute Gasteiger partial charge is 0.165 e. The van der Waals surface area contributed by atoms with Crippen LogP contribution in [0.2, 0.25) is 0 Å². The first-order valence-corrected chi connectivity index (χ1v) is 17.0. The Morgan fingerprint density at radius 2 is 0.940 bits per heavy atom. The third-order valence-corrected chi connectivity index (χ3v) is 10.1. The van der Waals surface area contributed by atoms with Gasteiger partial charge in [-0.3, -0.25) is 0 Å². The number of rotatable bonds is 5. The lowest BCUT2D eigenvalue weighted by molar-refractivity contribution is 0.692. The van der Waals surface area contributed by atoms with Gasteiger partial charge in [-0.1, -0.05) is 158 Å². The van der Waals surface area contributed by atoms with E-state index in [0.717, 1.165) is 38.8 Å². The Morgan fingerprint density at radius 1 is 0.400 bits per heavy atom. The molecule has 1 aliphatic rings. The van der Waals surface area contributed by atoms with Gasteiger partial charge in [-0.05, 0) is 52.1 Å². The largest absolute Gasteiger partial charge is 0.309 e. The predicted octanol–water partition coefficient (Wildman–Crippen LogP) is 10.7. The summed E-state index contributed by atoms with van der Waals surface area (Å²) in [5.41, 5.74) is 10.3. The quantitative estimate of drug-likeness (QED) is 0.188. The molecule has 4 heteroatoms. The SMILES string of the molecule is c1ccc(-c2nc(-c3cccc4c5ccccc5n(-c5ccccc5)c34)nc(C3(c4ccccc4)c4ccccc4-c4ccccc43)n2)cc1. The maximum atomic E-state index is 5.58. The molecule has 0 amide bonds. The summed E-state index contributed by atoms with van der Waals surface area (Å²) in [6.07, 6.45) is 0. The summed E-state index contributed by atoms with van der Waals surface area (Å²) >= 11 is 0. The molecule has 4 nitrogen and oxygen atoms in total. The second-order valence-electron chi connectivity index (χ2n) is 12.8. The van der Waals surface area contributed by atoms with Crippen LogP contribution in [0.15, 0.2) is 182 Å². The van der Waals surface area contributed by atoms with Crippen molar-refractivity contribution in [1.29, 1.82) is 0 Å². The van der Waals surface area contributed by atoms with E-state index in [1.807, 2.05) is 18.2 Å². The molecule has 0 atom stereocenters. The van der Waals surface area contributed by atoms with E-state index in [1.165, 1.54) is 27.6 Å². The van der Waals surface area contributed by atoms with E-state index in [9.17, 15) is 0 Å². The molecule has 2 heterocycles. The molecule has 0 spiro atoms. The molecule has 0 radical (unpaired) electrons. The first-order valence-electron chi connectivity index (χ1n) is 17.0. The first-order chi connectivity index (χ1) is 24.8. The molecule has 50 heavy (non-hydrogen) atoms. The number of fused-ring (bicyclic) bond motifs is 6. The molecule has 0 fully saturated rings. The van der Waals surface area contributed by atoms with Crippen molar-refractivity contribution in [2.45, 2.75) is 5.41 Å². The van der Waals surface area contributed by atoms with Gasteiger partial charge in [0.1, 0.15) is 5.41 Å². The molecule has 0 saturated carbocycles. The number of aromatic nitrogens is 4. The minimum absolute atomic E-state index is 0.636. The van der Waals surface area contributed by atoms with Gasteiger partial charge in [-0.15, -0.1) is 0 Å². The third kappa shape index (κ3) is 4.09. The van der Waals surface area contributed by atoms with E-state index < -0.39 is 5.41 Å².